The normalized spacial score (nSPS) is 13.8. The molecule has 0 fully saturated rings. The lowest BCUT2D eigenvalue weighted by Gasteiger charge is -2.11. The largest absolute Gasteiger partial charge is 0.512 e. The van der Waals surface area contributed by atoms with Crippen LogP contribution in [0.3, 0.4) is 0 Å². The summed E-state index contributed by atoms with van der Waals surface area (Å²) in [5.41, 5.74) is 1.81. The van der Waals surface area contributed by atoms with Gasteiger partial charge in [-0.2, -0.15) is 0 Å². The van der Waals surface area contributed by atoms with E-state index in [0.29, 0.717) is 29.9 Å². The molecule has 3 nitrogen and oxygen atoms in total. The van der Waals surface area contributed by atoms with E-state index in [4.69, 9.17) is 0 Å². The minimum atomic E-state index is -0.174. The molecule has 0 aliphatic carbocycles. The van der Waals surface area contributed by atoms with Gasteiger partial charge in [-0.15, -0.1) is 0 Å². The third-order valence-corrected chi connectivity index (χ3v) is 2.81. The molecule has 0 spiro atoms. The van der Waals surface area contributed by atoms with Gasteiger partial charge in [0.15, 0.2) is 5.78 Å². The van der Waals surface area contributed by atoms with Crippen LogP contribution < -0.4 is 0 Å². The SMILES string of the molecule is CC(=O)/C(CC=C(C)C)=C(O)\C(C)=C(/O)CC(C)C. The van der Waals surface area contributed by atoms with E-state index in [1.807, 2.05) is 33.8 Å². The van der Waals surface area contributed by atoms with Crippen LogP contribution in [0.5, 0.6) is 0 Å². The fraction of sp³-hybridized carbons (Fsp3) is 0.562. The number of carbonyl (C=O) groups excluding carboxylic acids is 1. The van der Waals surface area contributed by atoms with Crippen LogP contribution in [0, 0.1) is 5.92 Å². The summed E-state index contributed by atoms with van der Waals surface area (Å²) in [5.74, 6) is 0.166. The fourth-order valence-corrected chi connectivity index (χ4v) is 1.62. The number of carbonyl (C=O) groups is 1. The second kappa shape index (κ2) is 7.82. The first-order valence-corrected chi connectivity index (χ1v) is 6.62. The van der Waals surface area contributed by atoms with Crippen molar-refractivity contribution >= 4 is 5.78 Å². The van der Waals surface area contributed by atoms with Crippen LogP contribution in [-0.2, 0) is 4.79 Å². The van der Waals surface area contributed by atoms with Crippen LogP contribution in [-0.4, -0.2) is 16.0 Å². The van der Waals surface area contributed by atoms with Gasteiger partial charge in [0.05, 0.1) is 5.76 Å². The first-order chi connectivity index (χ1) is 8.66. The van der Waals surface area contributed by atoms with E-state index >= 15 is 0 Å². The Bertz CT molecular complexity index is 419. The molecule has 0 radical (unpaired) electrons. The Morgan fingerprint density at radius 3 is 2.00 bits per heavy atom. The summed E-state index contributed by atoms with van der Waals surface area (Å²) >= 11 is 0. The molecule has 0 atom stereocenters. The van der Waals surface area contributed by atoms with Gasteiger partial charge in [0.25, 0.3) is 0 Å². The number of Topliss-reactive ketones (excluding diaryl/α,β-unsaturated/α-hetero) is 1. The van der Waals surface area contributed by atoms with E-state index in [2.05, 4.69) is 0 Å². The van der Waals surface area contributed by atoms with Crippen molar-refractivity contribution < 1.29 is 15.0 Å². The molecule has 0 aliphatic heterocycles. The third-order valence-electron chi connectivity index (χ3n) is 2.81. The summed E-state index contributed by atoms with van der Waals surface area (Å²) in [6, 6.07) is 0. The predicted octanol–water partition coefficient (Wildman–Crippen LogP) is 4.62. The molecular formula is C16H26O3. The van der Waals surface area contributed by atoms with Gasteiger partial charge in [0.2, 0.25) is 0 Å². The van der Waals surface area contributed by atoms with Gasteiger partial charge in [0.1, 0.15) is 5.76 Å². The van der Waals surface area contributed by atoms with Crippen molar-refractivity contribution in [3.05, 3.63) is 34.3 Å². The summed E-state index contributed by atoms with van der Waals surface area (Å²) in [6.07, 6.45) is 2.76. The second-order valence-corrected chi connectivity index (χ2v) is 5.54. The average Bonchev–Trinajstić information content (AvgIpc) is 2.25. The lowest BCUT2D eigenvalue weighted by Crippen LogP contribution is -2.05. The van der Waals surface area contributed by atoms with Gasteiger partial charge < -0.3 is 10.2 Å². The summed E-state index contributed by atoms with van der Waals surface area (Å²) in [4.78, 5) is 11.6. The van der Waals surface area contributed by atoms with E-state index in [0.717, 1.165) is 5.57 Å². The van der Waals surface area contributed by atoms with Crippen LogP contribution in [0.1, 0.15) is 54.4 Å². The molecular weight excluding hydrogens is 240 g/mol. The smallest absolute Gasteiger partial charge is 0.159 e. The lowest BCUT2D eigenvalue weighted by molar-refractivity contribution is -0.113. The Balaban J connectivity index is 5.45. The van der Waals surface area contributed by atoms with E-state index in [1.54, 1.807) is 6.92 Å². The molecule has 108 valence electrons. The Morgan fingerprint density at radius 2 is 1.63 bits per heavy atom. The highest BCUT2D eigenvalue weighted by atomic mass is 16.3. The maximum Gasteiger partial charge on any atom is 0.159 e. The van der Waals surface area contributed by atoms with Crippen LogP contribution in [0.15, 0.2) is 34.3 Å². The summed E-state index contributed by atoms with van der Waals surface area (Å²) in [5, 5.41) is 20.1. The Morgan fingerprint density at radius 1 is 1.11 bits per heavy atom. The van der Waals surface area contributed by atoms with Crippen molar-refractivity contribution in [3.63, 3.8) is 0 Å². The van der Waals surface area contributed by atoms with E-state index in [1.165, 1.54) is 6.92 Å². The topological polar surface area (TPSA) is 57.5 Å². The highest BCUT2D eigenvalue weighted by Gasteiger charge is 2.15. The lowest BCUT2D eigenvalue weighted by atomic mass is 9.99. The van der Waals surface area contributed by atoms with E-state index in [9.17, 15) is 15.0 Å². The zero-order chi connectivity index (χ0) is 15.2. The third kappa shape index (κ3) is 6.27. The van der Waals surface area contributed by atoms with Crippen molar-refractivity contribution in [2.45, 2.75) is 54.4 Å². The zero-order valence-corrected chi connectivity index (χ0v) is 12.9. The van der Waals surface area contributed by atoms with Gasteiger partial charge in [0, 0.05) is 17.6 Å². The monoisotopic (exact) mass is 266 g/mol. The summed E-state index contributed by atoms with van der Waals surface area (Å²) in [7, 11) is 0. The molecule has 0 heterocycles. The standard InChI is InChI=1S/C16H26O3/c1-10(2)7-8-14(13(6)17)16(19)12(5)15(18)9-11(3)4/h7,11,18-19H,8-9H2,1-6H3/b15-12-,16-14+. The molecule has 0 rings (SSSR count). The zero-order valence-electron chi connectivity index (χ0n) is 12.9. The minimum Gasteiger partial charge on any atom is -0.512 e. The van der Waals surface area contributed by atoms with Crippen LogP contribution in [0.4, 0.5) is 0 Å². The van der Waals surface area contributed by atoms with Crippen molar-refractivity contribution in [1.82, 2.24) is 0 Å². The molecule has 0 saturated carbocycles. The Kier molecular flexibility index (Phi) is 7.20. The Hall–Kier alpha value is -1.51. The molecule has 19 heavy (non-hydrogen) atoms. The molecule has 0 aromatic rings. The van der Waals surface area contributed by atoms with Crippen LogP contribution in [0.2, 0.25) is 0 Å². The molecule has 0 aromatic heterocycles. The molecule has 3 heteroatoms. The molecule has 0 saturated heterocycles. The van der Waals surface area contributed by atoms with E-state index in [-0.39, 0.29) is 17.3 Å². The van der Waals surface area contributed by atoms with Crippen LogP contribution in [0.25, 0.3) is 0 Å². The maximum atomic E-state index is 11.6. The fourth-order valence-electron chi connectivity index (χ4n) is 1.62. The maximum absolute atomic E-state index is 11.6. The first kappa shape index (κ1) is 17.5. The molecule has 0 bridgehead atoms. The first-order valence-electron chi connectivity index (χ1n) is 6.62. The molecule has 0 amide bonds. The van der Waals surface area contributed by atoms with Gasteiger partial charge >= 0.3 is 0 Å². The van der Waals surface area contributed by atoms with Crippen molar-refractivity contribution in [2.24, 2.45) is 5.92 Å². The number of aliphatic hydroxyl groups excluding tert-OH is 2. The number of ketones is 1. The number of rotatable bonds is 6. The average molecular weight is 266 g/mol. The van der Waals surface area contributed by atoms with Crippen molar-refractivity contribution in [1.29, 1.82) is 0 Å². The van der Waals surface area contributed by atoms with Gasteiger partial charge in [-0.05, 0) is 40.0 Å². The van der Waals surface area contributed by atoms with Gasteiger partial charge in [-0.3, -0.25) is 4.79 Å². The van der Waals surface area contributed by atoms with Crippen molar-refractivity contribution in [2.75, 3.05) is 0 Å². The summed E-state index contributed by atoms with van der Waals surface area (Å²) in [6.45, 7) is 10.9. The summed E-state index contributed by atoms with van der Waals surface area (Å²) < 4.78 is 0. The highest BCUT2D eigenvalue weighted by molar-refractivity contribution is 5.94. The number of hydrogen-bond acceptors (Lipinski definition) is 3. The van der Waals surface area contributed by atoms with Gasteiger partial charge in [-0.1, -0.05) is 25.5 Å². The minimum absolute atomic E-state index is 0.0943. The highest BCUT2D eigenvalue weighted by Crippen LogP contribution is 2.22. The Labute approximate surface area is 116 Å². The quantitative estimate of drug-likeness (QED) is 0.319. The van der Waals surface area contributed by atoms with E-state index < -0.39 is 0 Å². The molecule has 2 N–H and O–H groups in total. The van der Waals surface area contributed by atoms with Gasteiger partial charge in [-0.25, -0.2) is 0 Å². The molecule has 0 aliphatic rings. The van der Waals surface area contributed by atoms with Crippen molar-refractivity contribution in [3.8, 4) is 0 Å². The molecule has 0 aromatic carbocycles. The predicted molar refractivity (Wildman–Crippen MR) is 79.2 cm³/mol. The van der Waals surface area contributed by atoms with Crippen LogP contribution >= 0.6 is 0 Å². The number of allylic oxidation sites excluding steroid dienone is 5. The number of hydrogen-bond donors (Lipinski definition) is 2. The number of aliphatic hydroxyl groups is 2. The molecule has 0 unspecified atom stereocenters. The second-order valence-electron chi connectivity index (χ2n) is 5.54.